The Morgan fingerprint density at radius 2 is 2.05 bits per heavy atom. The molecule has 0 N–H and O–H groups in total. The van der Waals surface area contributed by atoms with E-state index in [-0.39, 0.29) is 0 Å². The van der Waals surface area contributed by atoms with E-state index < -0.39 is 0 Å². The third-order valence-electron chi connectivity index (χ3n) is 4.59. The molecule has 0 radical (unpaired) electrons. The molecular weight excluding hydrogens is 282 g/mol. The van der Waals surface area contributed by atoms with Gasteiger partial charge in [-0.15, -0.1) is 11.6 Å². The summed E-state index contributed by atoms with van der Waals surface area (Å²) in [4.78, 5) is 7.43. The molecule has 2 aromatic rings. The lowest BCUT2D eigenvalue weighted by Crippen LogP contribution is -2.34. The van der Waals surface area contributed by atoms with Gasteiger partial charge in [0.05, 0.1) is 11.0 Å². The highest BCUT2D eigenvalue weighted by Gasteiger charge is 2.20. The number of aryl methyl sites for hydroxylation is 2. The van der Waals surface area contributed by atoms with Gasteiger partial charge in [0.2, 0.25) is 0 Å². The molecule has 0 aliphatic carbocycles. The molecule has 1 aliphatic heterocycles. The second-order valence-electron chi connectivity index (χ2n) is 6.11. The number of nitrogens with zero attached hydrogens (tertiary/aromatic N) is 3. The number of imidazole rings is 1. The second kappa shape index (κ2) is 6.37. The van der Waals surface area contributed by atoms with E-state index in [0.717, 1.165) is 24.3 Å². The number of hydrogen-bond acceptors (Lipinski definition) is 2. The fourth-order valence-electron chi connectivity index (χ4n) is 3.38. The first kappa shape index (κ1) is 14.9. The molecule has 0 spiro atoms. The zero-order valence-electron chi connectivity index (χ0n) is 13.0. The van der Waals surface area contributed by atoms with Gasteiger partial charge in [0.1, 0.15) is 5.82 Å². The lowest BCUT2D eigenvalue weighted by atomic mass is 10.2. The maximum absolute atomic E-state index is 5.98. The first-order chi connectivity index (χ1) is 10.2. The Labute approximate surface area is 131 Å². The van der Waals surface area contributed by atoms with Gasteiger partial charge in [0, 0.05) is 24.9 Å². The molecule has 3 rings (SSSR count). The van der Waals surface area contributed by atoms with Crippen molar-refractivity contribution in [1.82, 2.24) is 14.5 Å². The molecule has 3 nitrogen and oxygen atoms in total. The minimum absolute atomic E-state index is 0.555. The molecule has 0 bridgehead atoms. The summed E-state index contributed by atoms with van der Waals surface area (Å²) in [5.41, 5.74) is 3.63. The number of likely N-dealkylation sites (tertiary alicyclic amines) is 1. The van der Waals surface area contributed by atoms with Crippen LogP contribution in [0.25, 0.3) is 11.0 Å². The van der Waals surface area contributed by atoms with Crippen molar-refractivity contribution in [2.45, 2.75) is 45.7 Å². The lowest BCUT2D eigenvalue weighted by molar-refractivity contribution is 0.236. The molecule has 114 valence electrons. The van der Waals surface area contributed by atoms with E-state index in [1.807, 2.05) is 0 Å². The minimum Gasteiger partial charge on any atom is -0.326 e. The maximum Gasteiger partial charge on any atom is 0.111 e. The zero-order chi connectivity index (χ0) is 14.8. The van der Waals surface area contributed by atoms with Crippen LogP contribution in [-0.4, -0.2) is 39.5 Å². The Morgan fingerprint density at radius 1 is 1.29 bits per heavy atom. The van der Waals surface area contributed by atoms with Crippen molar-refractivity contribution in [2.24, 2.45) is 0 Å². The Hall–Kier alpha value is -1.06. The number of para-hydroxylation sites is 1. The molecule has 0 amide bonds. The van der Waals surface area contributed by atoms with Crippen LogP contribution in [0.1, 0.15) is 31.2 Å². The summed E-state index contributed by atoms with van der Waals surface area (Å²) in [6.45, 7) is 7.94. The van der Waals surface area contributed by atoms with E-state index in [1.54, 1.807) is 0 Å². The fraction of sp³-hybridized carbons (Fsp3) is 0.588. The van der Waals surface area contributed by atoms with Crippen LogP contribution in [0.15, 0.2) is 18.2 Å². The van der Waals surface area contributed by atoms with E-state index in [9.17, 15) is 0 Å². The van der Waals surface area contributed by atoms with Gasteiger partial charge < -0.3 is 4.57 Å². The predicted molar refractivity (Wildman–Crippen MR) is 89.2 cm³/mol. The average Bonchev–Trinajstić information content (AvgIpc) is 3.10. The van der Waals surface area contributed by atoms with Crippen molar-refractivity contribution in [3.8, 4) is 0 Å². The van der Waals surface area contributed by atoms with Crippen LogP contribution >= 0.6 is 11.6 Å². The number of aromatic nitrogens is 2. The molecule has 1 unspecified atom stereocenters. The predicted octanol–water partition coefficient (Wildman–Crippen LogP) is 3.61. The summed E-state index contributed by atoms with van der Waals surface area (Å²) in [5, 5.41) is 0. The topological polar surface area (TPSA) is 21.1 Å². The minimum atomic E-state index is 0.555. The summed E-state index contributed by atoms with van der Waals surface area (Å²) >= 11 is 5.98. The van der Waals surface area contributed by atoms with Crippen molar-refractivity contribution >= 4 is 22.6 Å². The second-order valence-corrected chi connectivity index (χ2v) is 6.49. The smallest absolute Gasteiger partial charge is 0.111 e. The van der Waals surface area contributed by atoms with Crippen LogP contribution in [-0.2, 0) is 13.0 Å². The van der Waals surface area contributed by atoms with Crippen molar-refractivity contribution < 1.29 is 0 Å². The third-order valence-corrected chi connectivity index (χ3v) is 4.78. The van der Waals surface area contributed by atoms with E-state index in [4.69, 9.17) is 16.6 Å². The van der Waals surface area contributed by atoms with Crippen LogP contribution in [0, 0.1) is 6.92 Å². The number of hydrogen-bond donors (Lipinski definition) is 0. The van der Waals surface area contributed by atoms with Crippen LogP contribution < -0.4 is 0 Å². The molecule has 1 aliphatic rings. The van der Waals surface area contributed by atoms with Crippen LogP contribution in [0.5, 0.6) is 0 Å². The standard InChI is InChI=1S/C17H24ClN3/c1-13-6-5-7-15-17(13)19-16(8-9-18)21(15)12-14(2)20-10-3-4-11-20/h5-7,14H,3-4,8-12H2,1-2H3. The SMILES string of the molecule is Cc1cccc2c1nc(CCCl)n2CC(C)N1CCCC1. The van der Waals surface area contributed by atoms with Gasteiger partial charge in [-0.1, -0.05) is 12.1 Å². The molecule has 4 heteroatoms. The summed E-state index contributed by atoms with van der Waals surface area (Å²) in [6.07, 6.45) is 3.51. The van der Waals surface area contributed by atoms with E-state index in [2.05, 4.69) is 41.5 Å². The zero-order valence-corrected chi connectivity index (χ0v) is 13.7. The molecule has 1 saturated heterocycles. The first-order valence-corrected chi connectivity index (χ1v) is 8.49. The molecular formula is C17H24ClN3. The fourth-order valence-corrected chi connectivity index (χ4v) is 3.55. The quantitative estimate of drug-likeness (QED) is 0.787. The van der Waals surface area contributed by atoms with Gasteiger partial charge in [0.25, 0.3) is 0 Å². The molecule has 0 saturated carbocycles. The van der Waals surface area contributed by atoms with E-state index in [0.29, 0.717) is 11.9 Å². The normalized spacial score (nSPS) is 17.7. The largest absolute Gasteiger partial charge is 0.326 e. The summed E-state index contributed by atoms with van der Waals surface area (Å²) in [6, 6.07) is 7.00. The van der Waals surface area contributed by atoms with Crippen molar-refractivity contribution in [1.29, 1.82) is 0 Å². The van der Waals surface area contributed by atoms with Crippen LogP contribution in [0.3, 0.4) is 0 Å². The highest BCUT2D eigenvalue weighted by molar-refractivity contribution is 6.17. The van der Waals surface area contributed by atoms with Gasteiger partial charge >= 0.3 is 0 Å². The first-order valence-electron chi connectivity index (χ1n) is 7.95. The Balaban J connectivity index is 1.94. The molecule has 21 heavy (non-hydrogen) atoms. The van der Waals surface area contributed by atoms with Crippen LogP contribution in [0.4, 0.5) is 0 Å². The van der Waals surface area contributed by atoms with Crippen LogP contribution in [0.2, 0.25) is 0 Å². The van der Waals surface area contributed by atoms with E-state index in [1.165, 1.54) is 37.0 Å². The van der Waals surface area contributed by atoms with Crippen molar-refractivity contribution in [2.75, 3.05) is 19.0 Å². The monoisotopic (exact) mass is 305 g/mol. The Bertz CT molecular complexity index is 614. The van der Waals surface area contributed by atoms with Gasteiger partial charge in [-0.3, -0.25) is 4.90 Å². The maximum atomic E-state index is 5.98. The third kappa shape index (κ3) is 2.95. The lowest BCUT2D eigenvalue weighted by Gasteiger charge is -2.25. The summed E-state index contributed by atoms with van der Waals surface area (Å²) in [5.74, 6) is 1.75. The van der Waals surface area contributed by atoms with Gasteiger partial charge in [-0.05, 0) is 51.4 Å². The number of rotatable bonds is 5. The molecule has 1 atom stereocenters. The summed E-state index contributed by atoms with van der Waals surface area (Å²) in [7, 11) is 0. The average molecular weight is 306 g/mol. The number of benzene rings is 1. The molecule has 1 fully saturated rings. The van der Waals surface area contributed by atoms with Crippen molar-refractivity contribution in [3.63, 3.8) is 0 Å². The number of alkyl halides is 1. The number of halogens is 1. The van der Waals surface area contributed by atoms with E-state index >= 15 is 0 Å². The highest BCUT2D eigenvalue weighted by Crippen LogP contribution is 2.22. The van der Waals surface area contributed by atoms with Crippen molar-refractivity contribution in [3.05, 3.63) is 29.6 Å². The molecule has 1 aromatic carbocycles. The summed E-state index contributed by atoms with van der Waals surface area (Å²) < 4.78 is 2.38. The Kier molecular flexibility index (Phi) is 4.51. The van der Waals surface area contributed by atoms with Gasteiger partial charge in [0.15, 0.2) is 0 Å². The number of fused-ring (bicyclic) bond motifs is 1. The highest BCUT2D eigenvalue weighted by atomic mass is 35.5. The Morgan fingerprint density at radius 3 is 2.76 bits per heavy atom. The van der Waals surface area contributed by atoms with Gasteiger partial charge in [-0.2, -0.15) is 0 Å². The molecule has 2 heterocycles. The molecule has 1 aromatic heterocycles. The van der Waals surface area contributed by atoms with Gasteiger partial charge in [-0.25, -0.2) is 4.98 Å².